The van der Waals surface area contributed by atoms with Crippen molar-refractivity contribution in [1.29, 1.82) is 0 Å². The zero-order valence-corrected chi connectivity index (χ0v) is 16.2. The van der Waals surface area contributed by atoms with Crippen molar-refractivity contribution in [3.05, 3.63) is 64.7 Å². The molecule has 0 aliphatic heterocycles. The number of hydrogen-bond donors (Lipinski definition) is 1. The van der Waals surface area contributed by atoms with Crippen molar-refractivity contribution >= 4 is 17.7 Å². The molecule has 2 aromatic carbocycles. The standard InChI is InChI=1S/C20H21N5OS/c1-13-7-8-14(2)18(11-13)25-20(22-23-24-25)27-12-19(26)21-17-10-9-15-5-3-4-6-16(15)17/h3-8,11,17H,9-10,12H2,1-2H3,(H,21,26). The van der Waals surface area contributed by atoms with Gasteiger partial charge in [-0.3, -0.25) is 4.79 Å². The van der Waals surface area contributed by atoms with E-state index in [2.05, 4.69) is 39.0 Å². The van der Waals surface area contributed by atoms with Gasteiger partial charge in [0.05, 0.1) is 17.5 Å². The average molecular weight is 379 g/mol. The maximum atomic E-state index is 12.5. The van der Waals surface area contributed by atoms with Crippen molar-refractivity contribution in [2.45, 2.75) is 37.9 Å². The molecule has 0 saturated carbocycles. The second-order valence-corrected chi connectivity index (χ2v) is 7.75. The molecule has 1 aliphatic carbocycles. The highest BCUT2D eigenvalue weighted by Crippen LogP contribution is 2.31. The fourth-order valence-electron chi connectivity index (χ4n) is 3.44. The summed E-state index contributed by atoms with van der Waals surface area (Å²) in [6, 6.07) is 14.6. The van der Waals surface area contributed by atoms with Crippen molar-refractivity contribution in [1.82, 2.24) is 25.5 Å². The fraction of sp³-hybridized carbons (Fsp3) is 0.300. The van der Waals surface area contributed by atoms with E-state index in [1.165, 1.54) is 22.9 Å². The predicted octanol–water partition coefficient (Wildman–Crippen LogP) is 3.17. The van der Waals surface area contributed by atoms with Crippen molar-refractivity contribution in [2.24, 2.45) is 0 Å². The van der Waals surface area contributed by atoms with Crippen molar-refractivity contribution in [3.8, 4) is 5.69 Å². The number of rotatable bonds is 5. The number of carbonyl (C=O) groups excluding carboxylic acids is 1. The van der Waals surface area contributed by atoms with Crippen LogP contribution in [0.4, 0.5) is 0 Å². The molecule has 0 bridgehead atoms. The minimum Gasteiger partial charge on any atom is -0.349 e. The highest BCUT2D eigenvalue weighted by Gasteiger charge is 2.23. The SMILES string of the molecule is Cc1ccc(C)c(-n2nnnc2SCC(=O)NC2CCc3ccccc32)c1. The molecule has 0 fully saturated rings. The number of nitrogens with one attached hydrogen (secondary N) is 1. The molecule has 3 aromatic rings. The number of carbonyl (C=O) groups is 1. The lowest BCUT2D eigenvalue weighted by atomic mass is 10.1. The summed E-state index contributed by atoms with van der Waals surface area (Å²) in [6.45, 7) is 4.06. The molecular formula is C20H21N5OS. The Morgan fingerprint density at radius 1 is 1.26 bits per heavy atom. The van der Waals surface area contributed by atoms with Gasteiger partial charge in [-0.25, -0.2) is 0 Å². The third-order valence-corrected chi connectivity index (χ3v) is 5.75. The molecule has 4 rings (SSSR count). The van der Waals surface area contributed by atoms with Crippen molar-refractivity contribution in [3.63, 3.8) is 0 Å². The summed E-state index contributed by atoms with van der Waals surface area (Å²) in [5.41, 5.74) is 5.72. The van der Waals surface area contributed by atoms with Gasteiger partial charge in [0.2, 0.25) is 11.1 Å². The van der Waals surface area contributed by atoms with Crippen molar-refractivity contribution < 1.29 is 4.79 Å². The van der Waals surface area contributed by atoms with Gasteiger partial charge in [0, 0.05) is 0 Å². The number of tetrazole rings is 1. The van der Waals surface area contributed by atoms with Crippen LogP contribution in [0.3, 0.4) is 0 Å². The van der Waals surface area contributed by atoms with E-state index in [9.17, 15) is 4.79 Å². The maximum absolute atomic E-state index is 12.5. The first-order chi connectivity index (χ1) is 13.1. The Bertz CT molecular complexity index is 984. The zero-order chi connectivity index (χ0) is 18.8. The topological polar surface area (TPSA) is 72.7 Å². The quantitative estimate of drug-likeness (QED) is 0.690. The van der Waals surface area contributed by atoms with Gasteiger partial charge in [-0.15, -0.1) is 5.10 Å². The summed E-state index contributed by atoms with van der Waals surface area (Å²) in [6.07, 6.45) is 1.97. The lowest BCUT2D eigenvalue weighted by Crippen LogP contribution is -2.28. The second kappa shape index (κ2) is 7.52. The number of aryl methyl sites for hydroxylation is 3. The van der Waals surface area contributed by atoms with Crippen LogP contribution in [0.15, 0.2) is 47.6 Å². The van der Waals surface area contributed by atoms with Crippen LogP contribution in [0.2, 0.25) is 0 Å². The molecule has 6 nitrogen and oxygen atoms in total. The minimum atomic E-state index is -0.00258. The Labute approximate surface area is 162 Å². The van der Waals surface area contributed by atoms with Crippen LogP contribution in [0.25, 0.3) is 5.69 Å². The molecule has 7 heteroatoms. The summed E-state index contributed by atoms with van der Waals surface area (Å²) in [4.78, 5) is 12.5. The first-order valence-corrected chi connectivity index (χ1v) is 9.96. The van der Waals surface area contributed by atoms with Crippen LogP contribution in [0.5, 0.6) is 0 Å². The van der Waals surface area contributed by atoms with Gasteiger partial charge >= 0.3 is 0 Å². The molecule has 138 valence electrons. The molecule has 0 saturated heterocycles. The minimum absolute atomic E-state index is 0.00258. The first kappa shape index (κ1) is 17.7. The lowest BCUT2D eigenvalue weighted by molar-refractivity contribution is -0.119. The summed E-state index contributed by atoms with van der Waals surface area (Å²) >= 11 is 1.35. The van der Waals surface area contributed by atoms with Crippen LogP contribution in [-0.2, 0) is 11.2 Å². The number of amides is 1. The van der Waals surface area contributed by atoms with E-state index in [0.717, 1.165) is 29.7 Å². The van der Waals surface area contributed by atoms with Gasteiger partial charge in [-0.05, 0) is 65.4 Å². The van der Waals surface area contributed by atoms with E-state index in [0.29, 0.717) is 5.16 Å². The summed E-state index contributed by atoms with van der Waals surface area (Å²) in [7, 11) is 0. The van der Waals surface area contributed by atoms with Crippen LogP contribution >= 0.6 is 11.8 Å². The molecule has 1 aromatic heterocycles. The first-order valence-electron chi connectivity index (χ1n) is 8.98. The molecule has 27 heavy (non-hydrogen) atoms. The van der Waals surface area contributed by atoms with Gasteiger partial charge in [-0.2, -0.15) is 4.68 Å². The Hall–Kier alpha value is -2.67. The van der Waals surface area contributed by atoms with Crippen LogP contribution in [-0.4, -0.2) is 31.9 Å². The molecule has 1 aliphatic rings. The summed E-state index contributed by atoms with van der Waals surface area (Å²) in [5.74, 6) is 0.279. The van der Waals surface area contributed by atoms with Crippen LogP contribution < -0.4 is 5.32 Å². The smallest absolute Gasteiger partial charge is 0.230 e. The highest BCUT2D eigenvalue weighted by molar-refractivity contribution is 7.99. The molecule has 1 unspecified atom stereocenters. The number of hydrogen-bond acceptors (Lipinski definition) is 5. The molecular weight excluding hydrogens is 358 g/mol. The Morgan fingerprint density at radius 3 is 3.00 bits per heavy atom. The van der Waals surface area contributed by atoms with Gasteiger partial charge in [0.15, 0.2) is 0 Å². The number of nitrogens with zero attached hydrogens (tertiary/aromatic N) is 4. The van der Waals surface area contributed by atoms with E-state index in [4.69, 9.17) is 0 Å². The zero-order valence-electron chi connectivity index (χ0n) is 15.3. The van der Waals surface area contributed by atoms with Gasteiger partial charge in [0.1, 0.15) is 0 Å². The van der Waals surface area contributed by atoms with E-state index >= 15 is 0 Å². The third-order valence-electron chi connectivity index (χ3n) is 4.83. The third kappa shape index (κ3) is 3.73. The molecule has 0 radical (unpaired) electrons. The number of fused-ring (bicyclic) bond motifs is 1. The molecule has 1 amide bonds. The Kier molecular flexibility index (Phi) is 4.94. The second-order valence-electron chi connectivity index (χ2n) is 6.81. The van der Waals surface area contributed by atoms with E-state index in [1.807, 2.05) is 38.1 Å². The lowest BCUT2D eigenvalue weighted by Gasteiger charge is -2.14. The van der Waals surface area contributed by atoms with Gasteiger partial charge in [0.25, 0.3) is 0 Å². The van der Waals surface area contributed by atoms with Gasteiger partial charge < -0.3 is 5.32 Å². The predicted molar refractivity (Wildman–Crippen MR) is 105 cm³/mol. The Balaban J connectivity index is 1.42. The number of aromatic nitrogens is 4. The Morgan fingerprint density at radius 2 is 2.11 bits per heavy atom. The van der Waals surface area contributed by atoms with Crippen molar-refractivity contribution in [2.75, 3.05) is 5.75 Å². The average Bonchev–Trinajstić information content (AvgIpc) is 3.29. The van der Waals surface area contributed by atoms with E-state index < -0.39 is 0 Å². The molecule has 1 atom stereocenters. The molecule has 1 heterocycles. The maximum Gasteiger partial charge on any atom is 0.230 e. The summed E-state index contributed by atoms with van der Waals surface area (Å²) in [5, 5.41) is 15.7. The normalized spacial score (nSPS) is 15.6. The van der Waals surface area contributed by atoms with Gasteiger partial charge in [-0.1, -0.05) is 48.2 Å². The molecule has 1 N–H and O–H groups in total. The summed E-state index contributed by atoms with van der Waals surface area (Å²) < 4.78 is 1.70. The monoisotopic (exact) mass is 379 g/mol. The number of thioether (sulfide) groups is 1. The van der Waals surface area contributed by atoms with Crippen LogP contribution in [0.1, 0.15) is 34.7 Å². The largest absolute Gasteiger partial charge is 0.349 e. The number of benzene rings is 2. The van der Waals surface area contributed by atoms with Crippen LogP contribution in [0, 0.1) is 13.8 Å². The fourth-order valence-corrected chi connectivity index (χ4v) is 4.14. The highest BCUT2D eigenvalue weighted by atomic mass is 32.2. The molecule has 0 spiro atoms. The van der Waals surface area contributed by atoms with E-state index in [1.54, 1.807) is 4.68 Å². The van der Waals surface area contributed by atoms with E-state index in [-0.39, 0.29) is 17.7 Å².